The summed E-state index contributed by atoms with van der Waals surface area (Å²) in [6.07, 6.45) is 6.81. The molecule has 2 saturated heterocycles. The van der Waals surface area contributed by atoms with E-state index in [4.69, 9.17) is 4.98 Å². The number of aryl methyl sites for hydroxylation is 2. The van der Waals surface area contributed by atoms with Crippen molar-refractivity contribution >= 4 is 21.9 Å². The van der Waals surface area contributed by atoms with Gasteiger partial charge in [-0.05, 0) is 38.5 Å². The zero-order valence-electron chi connectivity index (χ0n) is 11.6. The molecular weight excluding hydrogens is 304 g/mol. The molecule has 2 atom stereocenters. The van der Waals surface area contributed by atoms with Crippen LogP contribution in [0.4, 0.5) is 5.95 Å². The maximum absolute atomic E-state index is 4.79. The van der Waals surface area contributed by atoms with Gasteiger partial charge in [-0.25, -0.2) is 4.98 Å². The van der Waals surface area contributed by atoms with Crippen LogP contribution in [0.25, 0.3) is 0 Å². The standard InChI is InChI=1S/C14H21BrN4/c1-3-12-13(4-2)17-18-14(16-12)19-10-5-6-11(19)8-9(15)7-10/h9-11H,3-8H2,1-2H3. The Bertz CT molecular complexity index is 451. The molecule has 0 spiro atoms. The highest BCUT2D eigenvalue weighted by atomic mass is 79.9. The minimum absolute atomic E-state index is 0.599. The van der Waals surface area contributed by atoms with Gasteiger partial charge in [0.15, 0.2) is 0 Å². The molecule has 1 aromatic heterocycles. The van der Waals surface area contributed by atoms with Crippen molar-refractivity contribution in [2.24, 2.45) is 0 Å². The summed E-state index contributed by atoms with van der Waals surface area (Å²) in [6.45, 7) is 4.26. The maximum Gasteiger partial charge on any atom is 0.246 e. The third-order valence-electron chi connectivity index (χ3n) is 4.40. The summed E-state index contributed by atoms with van der Waals surface area (Å²) < 4.78 is 0. The molecule has 5 heteroatoms. The zero-order chi connectivity index (χ0) is 13.4. The summed E-state index contributed by atoms with van der Waals surface area (Å²) in [5, 5.41) is 8.79. The molecule has 0 aliphatic carbocycles. The van der Waals surface area contributed by atoms with Crippen LogP contribution in [0.2, 0.25) is 0 Å². The molecular formula is C14H21BrN4. The Balaban J connectivity index is 1.90. The molecule has 4 nitrogen and oxygen atoms in total. The van der Waals surface area contributed by atoms with Crippen molar-refractivity contribution in [3.63, 3.8) is 0 Å². The fourth-order valence-electron chi connectivity index (χ4n) is 3.47. The first kappa shape index (κ1) is 13.3. The number of nitrogens with zero attached hydrogens (tertiary/aromatic N) is 4. The molecule has 2 aliphatic rings. The van der Waals surface area contributed by atoms with Crippen molar-refractivity contribution in [3.05, 3.63) is 11.4 Å². The Labute approximate surface area is 123 Å². The van der Waals surface area contributed by atoms with Crippen molar-refractivity contribution in [3.8, 4) is 0 Å². The lowest BCUT2D eigenvalue weighted by atomic mass is 10.0. The number of hydrogen-bond donors (Lipinski definition) is 0. The van der Waals surface area contributed by atoms with Gasteiger partial charge >= 0.3 is 0 Å². The van der Waals surface area contributed by atoms with E-state index < -0.39 is 0 Å². The summed E-state index contributed by atoms with van der Waals surface area (Å²) in [5.41, 5.74) is 2.17. The third-order valence-corrected chi connectivity index (χ3v) is 5.15. The lowest BCUT2D eigenvalue weighted by molar-refractivity contribution is 0.471. The van der Waals surface area contributed by atoms with Crippen LogP contribution in [-0.4, -0.2) is 32.1 Å². The molecule has 2 fully saturated rings. The van der Waals surface area contributed by atoms with Gasteiger partial charge in [0.1, 0.15) is 0 Å². The van der Waals surface area contributed by atoms with Crippen molar-refractivity contribution in [2.45, 2.75) is 69.3 Å². The first-order valence-corrected chi connectivity index (χ1v) is 8.29. The van der Waals surface area contributed by atoms with E-state index in [1.807, 2.05) is 0 Å². The molecule has 2 unspecified atom stereocenters. The molecule has 0 N–H and O–H groups in total. The second-order valence-corrected chi connectivity index (χ2v) is 6.87. The van der Waals surface area contributed by atoms with Crippen LogP contribution in [0.15, 0.2) is 0 Å². The minimum Gasteiger partial charge on any atom is -0.333 e. The van der Waals surface area contributed by atoms with E-state index in [1.54, 1.807) is 0 Å². The summed E-state index contributed by atoms with van der Waals surface area (Å²) in [7, 11) is 0. The predicted octanol–water partition coefficient (Wildman–Crippen LogP) is 2.89. The van der Waals surface area contributed by atoms with Crippen molar-refractivity contribution in [1.82, 2.24) is 15.2 Å². The van der Waals surface area contributed by atoms with Crippen LogP contribution in [0.5, 0.6) is 0 Å². The first-order chi connectivity index (χ1) is 9.22. The number of halogens is 1. The number of anilines is 1. The van der Waals surface area contributed by atoms with Crippen LogP contribution < -0.4 is 4.90 Å². The monoisotopic (exact) mass is 324 g/mol. The first-order valence-electron chi connectivity index (χ1n) is 7.37. The van der Waals surface area contributed by atoms with Crippen LogP contribution in [0.3, 0.4) is 0 Å². The van der Waals surface area contributed by atoms with E-state index in [2.05, 4.69) is 44.9 Å². The largest absolute Gasteiger partial charge is 0.333 e. The molecule has 3 heterocycles. The highest BCUT2D eigenvalue weighted by Crippen LogP contribution is 2.40. The molecule has 3 rings (SSSR count). The fourth-order valence-corrected chi connectivity index (χ4v) is 4.34. The normalized spacial score (nSPS) is 29.8. The number of fused-ring (bicyclic) bond motifs is 2. The highest BCUT2D eigenvalue weighted by Gasteiger charge is 2.41. The Hall–Kier alpha value is -0.710. The Morgan fingerprint density at radius 2 is 1.68 bits per heavy atom. The molecule has 2 aliphatic heterocycles. The van der Waals surface area contributed by atoms with Crippen LogP contribution >= 0.6 is 15.9 Å². The van der Waals surface area contributed by atoms with Gasteiger partial charge in [0.05, 0.1) is 11.4 Å². The topological polar surface area (TPSA) is 41.9 Å². The van der Waals surface area contributed by atoms with E-state index in [0.717, 1.165) is 30.2 Å². The summed E-state index contributed by atoms with van der Waals surface area (Å²) in [6, 6.07) is 1.20. The number of alkyl halides is 1. The second kappa shape index (κ2) is 5.35. The number of piperidine rings is 1. The average Bonchev–Trinajstić information content (AvgIpc) is 2.70. The van der Waals surface area contributed by atoms with Crippen LogP contribution in [-0.2, 0) is 12.8 Å². The molecule has 19 heavy (non-hydrogen) atoms. The predicted molar refractivity (Wildman–Crippen MR) is 79.8 cm³/mol. The third kappa shape index (κ3) is 2.37. The Morgan fingerprint density at radius 1 is 1.05 bits per heavy atom. The summed E-state index contributed by atoms with van der Waals surface area (Å²) in [5.74, 6) is 0.862. The van der Waals surface area contributed by atoms with Gasteiger partial charge in [-0.3, -0.25) is 0 Å². The van der Waals surface area contributed by atoms with Crippen molar-refractivity contribution in [2.75, 3.05) is 4.90 Å². The van der Waals surface area contributed by atoms with E-state index >= 15 is 0 Å². The van der Waals surface area contributed by atoms with Gasteiger partial charge < -0.3 is 4.90 Å². The molecule has 0 radical (unpaired) electrons. The van der Waals surface area contributed by atoms with E-state index in [0.29, 0.717) is 16.9 Å². The van der Waals surface area contributed by atoms with E-state index in [-0.39, 0.29) is 0 Å². The SMILES string of the molecule is CCc1nnc(N2C3CCC2CC(Br)C3)nc1CC. The molecule has 104 valence electrons. The fraction of sp³-hybridized carbons (Fsp3) is 0.786. The molecule has 0 amide bonds. The van der Waals surface area contributed by atoms with Gasteiger partial charge in [-0.15, -0.1) is 5.10 Å². The van der Waals surface area contributed by atoms with Gasteiger partial charge in [-0.2, -0.15) is 5.10 Å². The lowest BCUT2D eigenvalue weighted by Gasteiger charge is -2.37. The molecule has 0 aromatic carbocycles. The quantitative estimate of drug-likeness (QED) is 0.802. The van der Waals surface area contributed by atoms with Gasteiger partial charge in [0, 0.05) is 16.9 Å². The Morgan fingerprint density at radius 3 is 2.26 bits per heavy atom. The maximum atomic E-state index is 4.79. The second-order valence-electron chi connectivity index (χ2n) is 5.57. The van der Waals surface area contributed by atoms with Gasteiger partial charge in [-0.1, -0.05) is 29.8 Å². The van der Waals surface area contributed by atoms with E-state index in [1.165, 1.54) is 25.7 Å². The highest BCUT2D eigenvalue weighted by molar-refractivity contribution is 9.09. The minimum atomic E-state index is 0.599. The number of aromatic nitrogens is 3. The lowest BCUT2D eigenvalue weighted by Crippen LogP contribution is -2.44. The van der Waals surface area contributed by atoms with E-state index in [9.17, 15) is 0 Å². The summed E-state index contributed by atoms with van der Waals surface area (Å²) >= 11 is 3.78. The van der Waals surface area contributed by atoms with Crippen molar-refractivity contribution in [1.29, 1.82) is 0 Å². The summed E-state index contributed by atoms with van der Waals surface area (Å²) in [4.78, 5) is 7.88. The molecule has 0 saturated carbocycles. The Kier molecular flexibility index (Phi) is 3.74. The van der Waals surface area contributed by atoms with Gasteiger partial charge in [0.25, 0.3) is 0 Å². The zero-order valence-corrected chi connectivity index (χ0v) is 13.2. The number of hydrogen-bond acceptors (Lipinski definition) is 4. The molecule has 2 bridgehead atoms. The average molecular weight is 325 g/mol. The van der Waals surface area contributed by atoms with Crippen LogP contribution in [0.1, 0.15) is 50.9 Å². The van der Waals surface area contributed by atoms with Crippen molar-refractivity contribution < 1.29 is 0 Å². The van der Waals surface area contributed by atoms with Gasteiger partial charge in [0.2, 0.25) is 5.95 Å². The smallest absolute Gasteiger partial charge is 0.246 e. The molecule has 1 aromatic rings. The number of rotatable bonds is 3. The van der Waals surface area contributed by atoms with Crippen LogP contribution in [0, 0.1) is 0 Å².